The van der Waals surface area contributed by atoms with Gasteiger partial charge in [0.1, 0.15) is 6.23 Å². The van der Waals surface area contributed by atoms with Crippen LogP contribution in [0.15, 0.2) is 29.5 Å². The Bertz CT molecular complexity index is 247. The number of nitrogens with one attached hydrogen (secondary N) is 1. The smallest absolute Gasteiger partial charge is 0.102 e. The molecule has 0 aromatic rings. The molecular weight excluding hydrogens is 162 g/mol. The standard InChI is InChI=1S/C11H17NO/c1-9-5-3-7-11(8-4-6-9)12-10(2)13/h5-6,8,10-13H,3,7H2,1-2H3/b9-5-. The van der Waals surface area contributed by atoms with Gasteiger partial charge in [0.25, 0.3) is 0 Å². The zero-order valence-electron chi connectivity index (χ0n) is 8.25. The van der Waals surface area contributed by atoms with Gasteiger partial charge in [-0.3, -0.25) is 5.32 Å². The van der Waals surface area contributed by atoms with E-state index in [0.29, 0.717) is 0 Å². The summed E-state index contributed by atoms with van der Waals surface area (Å²) in [5, 5.41) is 12.2. The zero-order chi connectivity index (χ0) is 9.68. The number of aliphatic hydroxyl groups is 1. The summed E-state index contributed by atoms with van der Waals surface area (Å²) >= 11 is 0. The highest BCUT2D eigenvalue weighted by molar-refractivity contribution is 5.17. The lowest BCUT2D eigenvalue weighted by atomic mass is 10.1. The molecule has 0 aliphatic heterocycles. The van der Waals surface area contributed by atoms with Gasteiger partial charge in [-0.2, -0.15) is 0 Å². The Balaban J connectivity index is 2.57. The van der Waals surface area contributed by atoms with Gasteiger partial charge in [-0.1, -0.05) is 6.08 Å². The van der Waals surface area contributed by atoms with E-state index in [0.717, 1.165) is 12.8 Å². The SMILES string of the molecule is C/C1=C/CCC(NC(C)O)C=C=C1. The zero-order valence-corrected chi connectivity index (χ0v) is 8.25. The summed E-state index contributed by atoms with van der Waals surface area (Å²) in [6.45, 7) is 3.81. The maximum absolute atomic E-state index is 9.13. The van der Waals surface area contributed by atoms with E-state index in [1.807, 2.05) is 12.2 Å². The minimum absolute atomic E-state index is 0.237. The highest BCUT2D eigenvalue weighted by Gasteiger charge is 2.06. The van der Waals surface area contributed by atoms with Crippen LogP contribution in [0.3, 0.4) is 0 Å². The van der Waals surface area contributed by atoms with E-state index in [4.69, 9.17) is 5.11 Å². The highest BCUT2D eigenvalue weighted by atomic mass is 16.3. The lowest BCUT2D eigenvalue weighted by Crippen LogP contribution is -2.34. The molecule has 0 aromatic carbocycles. The molecule has 2 nitrogen and oxygen atoms in total. The van der Waals surface area contributed by atoms with Crippen LogP contribution in [0, 0.1) is 0 Å². The average Bonchev–Trinajstić information content (AvgIpc) is 1.99. The molecule has 1 aliphatic carbocycles. The molecule has 0 amide bonds. The third kappa shape index (κ3) is 4.09. The first kappa shape index (κ1) is 10.3. The largest absolute Gasteiger partial charge is 0.379 e. The van der Waals surface area contributed by atoms with E-state index in [-0.39, 0.29) is 6.04 Å². The Hall–Kier alpha value is -0.820. The molecule has 2 unspecified atom stereocenters. The van der Waals surface area contributed by atoms with Gasteiger partial charge in [-0.05, 0) is 44.4 Å². The fourth-order valence-corrected chi connectivity index (χ4v) is 1.37. The fraction of sp³-hybridized carbons (Fsp3) is 0.545. The van der Waals surface area contributed by atoms with Crippen molar-refractivity contribution in [3.8, 4) is 0 Å². The van der Waals surface area contributed by atoms with Crippen molar-refractivity contribution in [2.24, 2.45) is 0 Å². The van der Waals surface area contributed by atoms with Crippen LogP contribution in [0.5, 0.6) is 0 Å². The number of hydrogen-bond donors (Lipinski definition) is 2. The van der Waals surface area contributed by atoms with E-state index in [2.05, 4.69) is 24.0 Å². The van der Waals surface area contributed by atoms with Crippen LogP contribution in [0.4, 0.5) is 0 Å². The second-order valence-electron chi connectivity index (χ2n) is 3.45. The van der Waals surface area contributed by atoms with Crippen LogP contribution in [0.1, 0.15) is 26.7 Å². The van der Waals surface area contributed by atoms with Gasteiger partial charge in [0, 0.05) is 6.04 Å². The molecule has 0 fully saturated rings. The first-order chi connectivity index (χ1) is 6.18. The van der Waals surface area contributed by atoms with Crippen molar-refractivity contribution < 1.29 is 5.11 Å². The summed E-state index contributed by atoms with van der Waals surface area (Å²) < 4.78 is 0. The minimum Gasteiger partial charge on any atom is -0.379 e. The molecule has 2 heteroatoms. The molecule has 2 N–H and O–H groups in total. The highest BCUT2D eigenvalue weighted by Crippen LogP contribution is 2.07. The molecule has 1 rings (SSSR count). The topological polar surface area (TPSA) is 32.3 Å². The lowest BCUT2D eigenvalue weighted by Gasteiger charge is -2.16. The molecule has 1 aliphatic rings. The Labute approximate surface area is 79.7 Å². The predicted octanol–water partition coefficient (Wildman–Crippen LogP) is 1.73. The minimum atomic E-state index is -0.451. The maximum atomic E-state index is 9.13. The van der Waals surface area contributed by atoms with Crippen molar-refractivity contribution in [2.75, 3.05) is 0 Å². The van der Waals surface area contributed by atoms with Crippen LogP contribution in [0.25, 0.3) is 0 Å². The molecule has 13 heavy (non-hydrogen) atoms. The van der Waals surface area contributed by atoms with Crippen molar-refractivity contribution in [1.29, 1.82) is 0 Å². The summed E-state index contributed by atoms with van der Waals surface area (Å²) in [7, 11) is 0. The summed E-state index contributed by atoms with van der Waals surface area (Å²) in [5.41, 5.74) is 4.36. The van der Waals surface area contributed by atoms with Crippen LogP contribution in [-0.2, 0) is 0 Å². The Morgan fingerprint density at radius 3 is 3.15 bits per heavy atom. The second kappa shape index (κ2) is 5.03. The molecule has 2 atom stereocenters. The number of allylic oxidation sites excluding steroid dienone is 2. The molecule has 0 bridgehead atoms. The van der Waals surface area contributed by atoms with Gasteiger partial charge < -0.3 is 5.11 Å². The first-order valence-corrected chi connectivity index (χ1v) is 4.72. The van der Waals surface area contributed by atoms with Crippen LogP contribution < -0.4 is 5.32 Å². The van der Waals surface area contributed by atoms with Gasteiger partial charge in [-0.25, -0.2) is 0 Å². The third-order valence-electron chi connectivity index (χ3n) is 2.01. The molecule has 0 aromatic heterocycles. The third-order valence-corrected chi connectivity index (χ3v) is 2.01. The van der Waals surface area contributed by atoms with E-state index in [1.165, 1.54) is 5.57 Å². The van der Waals surface area contributed by atoms with E-state index in [9.17, 15) is 0 Å². The van der Waals surface area contributed by atoms with Crippen molar-refractivity contribution >= 4 is 0 Å². The van der Waals surface area contributed by atoms with Crippen molar-refractivity contribution in [1.82, 2.24) is 5.32 Å². The Kier molecular flexibility index (Phi) is 3.97. The van der Waals surface area contributed by atoms with Crippen LogP contribution in [0.2, 0.25) is 0 Å². The molecule has 0 saturated heterocycles. The summed E-state index contributed by atoms with van der Waals surface area (Å²) in [6, 6.07) is 0.237. The van der Waals surface area contributed by atoms with Crippen molar-refractivity contribution in [3.63, 3.8) is 0 Å². The molecular formula is C11H17NO. The van der Waals surface area contributed by atoms with Gasteiger partial charge in [0.2, 0.25) is 0 Å². The lowest BCUT2D eigenvalue weighted by molar-refractivity contribution is 0.146. The maximum Gasteiger partial charge on any atom is 0.102 e. The molecule has 72 valence electrons. The average molecular weight is 179 g/mol. The molecule has 0 radical (unpaired) electrons. The van der Waals surface area contributed by atoms with Crippen LogP contribution in [-0.4, -0.2) is 17.4 Å². The molecule has 0 heterocycles. The van der Waals surface area contributed by atoms with Crippen molar-refractivity contribution in [3.05, 3.63) is 29.5 Å². The van der Waals surface area contributed by atoms with Crippen LogP contribution >= 0.6 is 0 Å². The van der Waals surface area contributed by atoms with E-state index < -0.39 is 6.23 Å². The normalized spacial score (nSPS) is 28.8. The monoisotopic (exact) mass is 179 g/mol. The molecule has 0 saturated carbocycles. The molecule has 0 spiro atoms. The number of aliphatic hydroxyl groups excluding tert-OH is 1. The fourth-order valence-electron chi connectivity index (χ4n) is 1.37. The van der Waals surface area contributed by atoms with E-state index >= 15 is 0 Å². The van der Waals surface area contributed by atoms with Crippen molar-refractivity contribution in [2.45, 2.75) is 39.0 Å². The van der Waals surface area contributed by atoms with E-state index in [1.54, 1.807) is 6.92 Å². The van der Waals surface area contributed by atoms with Gasteiger partial charge in [0.15, 0.2) is 0 Å². The summed E-state index contributed by atoms with van der Waals surface area (Å²) in [5.74, 6) is 0. The first-order valence-electron chi connectivity index (χ1n) is 4.72. The summed E-state index contributed by atoms with van der Waals surface area (Å²) in [4.78, 5) is 0. The predicted molar refractivity (Wildman–Crippen MR) is 54.2 cm³/mol. The quantitative estimate of drug-likeness (QED) is 0.500. The van der Waals surface area contributed by atoms with Gasteiger partial charge >= 0.3 is 0 Å². The van der Waals surface area contributed by atoms with Gasteiger partial charge in [-0.15, -0.1) is 5.73 Å². The number of rotatable bonds is 2. The Morgan fingerprint density at radius 1 is 1.69 bits per heavy atom. The van der Waals surface area contributed by atoms with Gasteiger partial charge in [0.05, 0.1) is 0 Å². The second-order valence-corrected chi connectivity index (χ2v) is 3.45. The summed E-state index contributed by atoms with van der Waals surface area (Å²) in [6.07, 6.45) is 7.75. The number of hydrogen-bond acceptors (Lipinski definition) is 2. The Morgan fingerprint density at radius 2 is 2.46 bits per heavy atom.